The number of hydrogen-bond acceptors (Lipinski definition) is 5. The first-order valence-corrected chi connectivity index (χ1v) is 7.29. The zero-order valence-electron chi connectivity index (χ0n) is 11.6. The maximum atomic E-state index is 5.61. The Kier molecular flexibility index (Phi) is 3.84. The Bertz CT molecular complexity index is 401. The summed E-state index contributed by atoms with van der Waals surface area (Å²) in [4.78, 5) is 4.62. The molecule has 5 nitrogen and oxygen atoms in total. The molecule has 1 aromatic heterocycles. The second-order valence-corrected chi connectivity index (χ2v) is 5.73. The van der Waals surface area contributed by atoms with Crippen LogP contribution in [-0.4, -0.2) is 30.5 Å². The monoisotopic (exact) mass is 266 g/mol. The molecule has 1 unspecified atom stereocenters. The van der Waals surface area contributed by atoms with E-state index in [0.717, 1.165) is 38.1 Å². The molecule has 1 aliphatic heterocycles. The van der Waals surface area contributed by atoms with E-state index in [1.807, 2.05) is 0 Å². The van der Waals surface area contributed by atoms with Crippen LogP contribution in [0, 0.1) is 0 Å². The van der Waals surface area contributed by atoms with Crippen molar-refractivity contribution in [1.29, 1.82) is 0 Å². The standard InChI is InChI=1S/C14H22N2O3/c1-17-10-14(7-3-2-4-8-14)13-15-12(19-16-13)11-6-5-9-18-11/h11H,2-10H2,1H3. The third-order valence-corrected chi connectivity index (χ3v) is 4.35. The largest absolute Gasteiger partial charge is 0.384 e. The van der Waals surface area contributed by atoms with E-state index in [2.05, 4.69) is 10.1 Å². The number of ether oxygens (including phenoxy) is 2. The normalized spacial score (nSPS) is 26.7. The van der Waals surface area contributed by atoms with Crippen molar-refractivity contribution in [2.75, 3.05) is 20.3 Å². The number of hydrogen-bond donors (Lipinski definition) is 0. The molecule has 2 fully saturated rings. The fourth-order valence-electron chi connectivity index (χ4n) is 3.29. The van der Waals surface area contributed by atoms with Crippen LogP contribution < -0.4 is 0 Å². The van der Waals surface area contributed by atoms with Crippen LogP contribution >= 0.6 is 0 Å². The smallest absolute Gasteiger partial charge is 0.255 e. The Morgan fingerprint density at radius 1 is 1.26 bits per heavy atom. The molecule has 0 aromatic carbocycles. The second kappa shape index (κ2) is 5.59. The molecule has 0 amide bonds. The molecule has 0 radical (unpaired) electrons. The molecule has 5 heteroatoms. The summed E-state index contributed by atoms with van der Waals surface area (Å²) in [5, 5.41) is 4.23. The van der Waals surface area contributed by atoms with E-state index in [9.17, 15) is 0 Å². The number of methoxy groups -OCH3 is 1. The first-order chi connectivity index (χ1) is 9.34. The summed E-state index contributed by atoms with van der Waals surface area (Å²) in [6.07, 6.45) is 7.97. The average Bonchev–Trinajstić information content (AvgIpc) is 3.11. The predicted molar refractivity (Wildman–Crippen MR) is 68.9 cm³/mol. The van der Waals surface area contributed by atoms with Gasteiger partial charge in [0.1, 0.15) is 6.10 Å². The lowest BCUT2D eigenvalue weighted by molar-refractivity contribution is 0.0832. The quantitative estimate of drug-likeness (QED) is 0.838. The highest BCUT2D eigenvalue weighted by atomic mass is 16.5. The second-order valence-electron chi connectivity index (χ2n) is 5.73. The van der Waals surface area contributed by atoms with Gasteiger partial charge >= 0.3 is 0 Å². The Morgan fingerprint density at radius 3 is 2.79 bits per heavy atom. The van der Waals surface area contributed by atoms with Gasteiger partial charge in [0, 0.05) is 13.7 Å². The zero-order chi connectivity index (χ0) is 13.1. The van der Waals surface area contributed by atoms with Crippen LogP contribution in [0.2, 0.25) is 0 Å². The third-order valence-electron chi connectivity index (χ3n) is 4.35. The molecule has 0 N–H and O–H groups in total. The highest BCUT2D eigenvalue weighted by molar-refractivity contribution is 5.09. The fraction of sp³-hybridized carbons (Fsp3) is 0.857. The van der Waals surface area contributed by atoms with Gasteiger partial charge in [0.05, 0.1) is 12.0 Å². The van der Waals surface area contributed by atoms with Crippen molar-refractivity contribution in [3.05, 3.63) is 11.7 Å². The van der Waals surface area contributed by atoms with Crippen molar-refractivity contribution in [2.45, 2.75) is 56.5 Å². The molecule has 2 aliphatic rings. The van der Waals surface area contributed by atoms with E-state index in [0.29, 0.717) is 12.5 Å². The minimum Gasteiger partial charge on any atom is -0.384 e. The van der Waals surface area contributed by atoms with Gasteiger partial charge < -0.3 is 14.0 Å². The molecule has 3 rings (SSSR count). The molecular weight excluding hydrogens is 244 g/mol. The molecular formula is C14H22N2O3. The van der Waals surface area contributed by atoms with Crippen LogP contribution in [0.15, 0.2) is 4.52 Å². The van der Waals surface area contributed by atoms with Crippen molar-refractivity contribution in [3.63, 3.8) is 0 Å². The number of rotatable bonds is 4. The molecule has 0 bridgehead atoms. The van der Waals surface area contributed by atoms with Crippen LogP contribution in [0.1, 0.15) is 62.8 Å². The minimum atomic E-state index is -0.0483. The summed E-state index contributed by atoms with van der Waals surface area (Å²) < 4.78 is 16.5. The van der Waals surface area contributed by atoms with Gasteiger partial charge in [-0.1, -0.05) is 24.4 Å². The molecule has 19 heavy (non-hydrogen) atoms. The van der Waals surface area contributed by atoms with Gasteiger partial charge in [-0.15, -0.1) is 0 Å². The van der Waals surface area contributed by atoms with Crippen LogP contribution in [0.3, 0.4) is 0 Å². The van der Waals surface area contributed by atoms with Crippen molar-refractivity contribution in [1.82, 2.24) is 10.1 Å². The van der Waals surface area contributed by atoms with E-state index in [1.165, 1.54) is 19.3 Å². The van der Waals surface area contributed by atoms with Crippen LogP contribution in [0.4, 0.5) is 0 Å². The van der Waals surface area contributed by atoms with Gasteiger partial charge in [-0.2, -0.15) is 4.98 Å². The summed E-state index contributed by atoms with van der Waals surface area (Å²) >= 11 is 0. The maximum Gasteiger partial charge on any atom is 0.255 e. The molecule has 2 heterocycles. The van der Waals surface area contributed by atoms with Gasteiger partial charge in [-0.3, -0.25) is 0 Å². The van der Waals surface area contributed by atoms with E-state index >= 15 is 0 Å². The lowest BCUT2D eigenvalue weighted by atomic mass is 9.74. The average molecular weight is 266 g/mol. The lowest BCUT2D eigenvalue weighted by Gasteiger charge is -2.33. The molecule has 1 atom stereocenters. The van der Waals surface area contributed by atoms with Gasteiger partial charge in [-0.05, 0) is 25.7 Å². The van der Waals surface area contributed by atoms with E-state index < -0.39 is 0 Å². The van der Waals surface area contributed by atoms with Crippen molar-refractivity contribution < 1.29 is 14.0 Å². The van der Waals surface area contributed by atoms with Crippen LogP contribution in [-0.2, 0) is 14.9 Å². The first-order valence-electron chi connectivity index (χ1n) is 7.29. The topological polar surface area (TPSA) is 57.4 Å². The summed E-state index contributed by atoms with van der Waals surface area (Å²) in [5.41, 5.74) is -0.0483. The lowest BCUT2D eigenvalue weighted by Crippen LogP contribution is -2.35. The van der Waals surface area contributed by atoms with Crippen molar-refractivity contribution >= 4 is 0 Å². The van der Waals surface area contributed by atoms with Gasteiger partial charge in [-0.25, -0.2) is 0 Å². The summed E-state index contributed by atoms with van der Waals surface area (Å²) in [6.45, 7) is 1.48. The summed E-state index contributed by atoms with van der Waals surface area (Å²) in [7, 11) is 1.75. The molecule has 1 aliphatic carbocycles. The van der Waals surface area contributed by atoms with E-state index in [4.69, 9.17) is 14.0 Å². The zero-order valence-corrected chi connectivity index (χ0v) is 11.6. The number of aromatic nitrogens is 2. The maximum absolute atomic E-state index is 5.61. The van der Waals surface area contributed by atoms with E-state index in [-0.39, 0.29) is 11.5 Å². The van der Waals surface area contributed by atoms with Gasteiger partial charge in [0.15, 0.2) is 5.82 Å². The Labute approximate surface area is 113 Å². The molecule has 1 saturated carbocycles. The SMILES string of the molecule is COCC1(c2noc(C3CCCO3)n2)CCCCC1. The van der Waals surface area contributed by atoms with Crippen molar-refractivity contribution in [3.8, 4) is 0 Å². The Balaban J connectivity index is 1.81. The number of nitrogens with zero attached hydrogens (tertiary/aromatic N) is 2. The van der Waals surface area contributed by atoms with Gasteiger partial charge in [0.2, 0.25) is 0 Å². The van der Waals surface area contributed by atoms with Crippen LogP contribution in [0.25, 0.3) is 0 Å². The summed E-state index contributed by atoms with van der Waals surface area (Å²) in [5.74, 6) is 1.47. The Hall–Kier alpha value is -0.940. The van der Waals surface area contributed by atoms with Gasteiger partial charge in [0.25, 0.3) is 5.89 Å². The van der Waals surface area contributed by atoms with Crippen LogP contribution in [0.5, 0.6) is 0 Å². The fourth-order valence-corrected chi connectivity index (χ4v) is 3.29. The van der Waals surface area contributed by atoms with Crippen molar-refractivity contribution in [2.24, 2.45) is 0 Å². The highest BCUT2D eigenvalue weighted by Gasteiger charge is 2.39. The molecule has 106 valence electrons. The molecule has 1 aromatic rings. The minimum absolute atomic E-state index is 0.00411. The predicted octanol–water partition coefficient (Wildman–Crippen LogP) is 2.77. The highest BCUT2D eigenvalue weighted by Crippen LogP contribution is 2.39. The first kappa shape index (κ1) is 13.1. The third kappa shape index (κ3) is 2.54. The van der Waals surface area contributed by atoms with E-state index in [1.54, 1.807) is 7.11 Å². The molecule has 0 spiro atoms. The molecule has 1 saturated heterocycles. The Morgan fingerprint density at radius 2 is 2.11 bits per heavy atom. The summed E-state index contributed by atoms with van der Waals surface area (Å²) in [6, 6.07) is 0.